The van der Waals surface area contributed by atoms with Gasteiger partial charge in [0.05, 0.1) is 0 Å². The zero-order chi connectivity index (χ0) is 32.6. The van der Waals surface area contributed by atoms with Crippen molar-refractivity contribution in [2.45, 2.75) is 56.5 Å². The highest BCUT2D eigenvalue weighted by Gasteiger charge is 2.29. The highest BCUT2D eigenvalue weighted by Crippen LogP contribution is 2.24. The molecule has 0 aromatic heterocycles. The van der Waals surface area contributed by atoms with Crippen molar-refractivity contribution in [1.82, 2.24) is 0 Å². The van der Waals surface area contributed by atoms with E-state index < -0.39 is 24.6 Å². The molecule has 4 unspecified atom stereocenters. The van der Waals surface area contributed by atoms with Crippen LogP contribution in [0.25, 0.3) is 0 Å². The molecule has 4 aliphatic rings. The van der Waals surface area contributed by atoms with E-state index in [4.69, 9.17) is 37.9 Å². The number of hydrogen-bond acceptors (Lipinski definition) is 14. The molecule has 2 aromatic carbocycles. The van der Waals surface area contributed by atoms with Crippen LogP contribution in [0, 0.1) is 0 Å². The lowest BCUT2D eigenvalue weighted by molar-refractivity contribution is 0.114. The summed E-state index contributed by atoms with van der Waals surface area (Å²) in [5.74, 6) is 0. The van der Waals surface area contributed by atoms with Gasteiger partial charge in [-0.3, -0.25) is 0 Å². The maximum atomic E-state index is 11.4. The van der Waals surface area contributed by atoms with Gasteiger partial charge in [0.1, 0.15) is 50.8 Å². The average Bonchev–Trinajstić information content (AvgIpc) is 3.88. The number of carbonyl (C=O) groups excluding carboxylic acids is 4. The van der Waals surface area contributed by atoms with Crippen LogP contribution in [-0.2, 0) is 44.3 Å². The monoisotopic (exact) mass is 654 g/mol. The van der Waals surface area contributed by atoms with Gasteiger partial charge < -0.3 is 47.7 Å². The molecule has 0 radical (unpaired) electrons. The minimum absolute atomic E-state index is 0.242. The summed E-state index contributed by atoms with van der Waals surface area (Å²) in [6.45, 7) is 3.49. The van der Waals surface area contributed by atoms with Crippen molar-refractivity contribution >= 4 is 36.0 Å². The van der Waals surface area contributed by atoms with E-state index in [1.165, 1.54) is 0 Å². The Balaban J connectivity index is 1.06. The fraction of sp³-hybridized carbons (Fsp3) is 0.515. The quantitative estimate of drug-likeness (QED) is 0.183. The Bertz CT molecular complexity index is 1240. The Morgan fingerprint density at radius 1 is 0.447 bits per heavy atom. The predicted octanol–water partition coefficient (Wildman–Crippen LogP) is 4.59. The third kappa shape index (κ3) is 9.11. The van der Waals surface area contributed by atoms with Gasteiger partial charge in [-0.15, -0.1) is 0 Å². The normalized spacial score (nSPS) is 23.1. The molecule has 0 amide bonds. The molecule has 0 aliphatic carbocycles. The predicted molar refractivity (Wildman–Crippen MR) is 163 cm³/mol. The average molecular weight is 655 g/mol. The molecule has 4 heterocycles. The fourth-order valence-electron chi connectivity index (χ4n) is 5.85. The van der Waals surface area contributed by atoms with Crippen molar-refractivity contribution in [3.63, 3.8) is 0 Å². The van der Waals surface area contributed by atoms with Crippen LogP contribution in [0.4, 0.5) is 30.6 Å². The SMILES string of the molecule is O=C1OCC(CCN(CCC2COC(=O)O2)c2ccc(Cc3ccc(N(CCC4COC(=O)O4)CCC4COC(=O)O4)cc3)cc2)O1. The zero-order valence-corrected chi connectivity index (χ0v) is 25.9. The first-order valence-corrected chi connectivity index (χ1v) is 15.9. The van der Waals surface area contributed by atoms with E-state index in [2.05, 4.69) is 58.3 Å². The molecule has 0 N–H and O–H groups in total. The molecule has 14 heteroatoms. The summed E-state index contributed by atoms with van der Waals surface area (Å²) in [6, 6.07) is 16.6. The van der Waals surface area contributed by atoms with Gasteiger partial charge in [0.15, 0.2) is 0 Å². The summed E-state index contributed by atoms with van der Waals surface area (Å²) in [5, 5.41) is 0. The molecule has 4 atom stereocenters. The van der Waals surface area contributed by atoms with Crippen molar-refractivity contribution in [2.75, 3.05) is 62.4 Å². The molecule has 14 nitrogen and oxygen atoms in total. The first-order valence-electron chi connectivity index (χ1n) is 15.9. The van der Waals surface area contributed by atoms with Crippen LogP contribution in [0.15, 0.2) is 48.5 Å². The summed E-state index contributed by atoms with van der Waals surface area (Å²) in [5.41, 5.74) is 4.29. The number of rotatable bonds is 16. The summed E-state index contributed by atoms with van der Waals surface area (Å²) in [4.78, 5) is 49.8. The Morgan fingerprint density at radius 3 is 0.957 bits per heavy atom. The lowest BCUT2D eigenvalue weighted by atomic mass is 10.0. The van der Waals surface area contributed by atoms with Gasteiger partial charge in [0, 0.05) is 63.2 Å². The second-order valence-electron chi connectivity index (χ2n) is 11.8. The maximum absolute atomic E-state index is 11.4. The lowest BCUT2D eigenvalue weighted by Crippen LogP contribution is -2.31. The van der Waals surface area contributed by atoms with Crippen LogP contribution in [0.2, 0.25) is 0 Å². The van der Waals surface area contributed by atoms with Crippen LogP contribution < -0.4 is 9.80 Å². The molecule has 4 fully saturated rings. The number of ether oxygens (including phenoxy) is 8. The topological polar surface area (TPSA) is 149 Å². The third-order valence-corrected chi connectivity index (χ3v) is 8.50. The number of cyclic esters (lactones) is 8. The van der Waals surface area contributed by atoms with Gasteiger partial charge in [0.2, 0.25) is 0 Å². The molecule has 6 rings (SSSR count). The fourth-order valence-corrected chi connectivity index (χ4v) is 5.85. The smallest absolute Gasteiger partial charge is 0.430 e. The van der Waals surface area contributed by atoms with E-state index >= 15 is 0 Å². The van der Waals surface area contributed by atoms with Crippen molar-refractivity contribution in [3.8, 4) is 0 Å². The molecular weight excluding hydrogens is 616 g/mol. The van der Waals surface area contributed by atoms with E-state index in [1.54, 1.807) is 0 Å². The zero-order valence-electron chi connectivity index (χ0n) is 25.9. The van der Waals surface area contributed by atoms with Crippen LogP contribution in [-0.4, -0.2) is 102 Å². The van der Waals surface area contributed by atoms with Crippen LogP contribution in [0.3, 0.4) is 0 Å². The number of benzene rings is 2. The molecule has 252 valence electrons. The minimum atomic E-state index is -0.639. The molecule has 0 spiro atoms. The highest BCUT2D eigenvalue weighted by molar-refractivity contribution is 5.63. The second kappa shape index (κ2) is 15.1. The van der Waals surface area contributed by atoms with Gasteiger partial charge >= 0.3 is 24.6 Å². The largest absolute Gasteiger partial charge is 0.508 e. The molecule has 0 bridgehead atoms. The van der Waals surface area contributed by atoms with Gasteiger partial charge in [-0.1, -0.05) is 24.3 Å². The minimum Gasteiger partial charge on any atom is -0.430 e. The summed E-state index contributed by atoms with van der Waals surface area (Å²) in [6.07, 6.45) is -0.562. The number of nitrogens with zero attached hydrogens (tertiary/aromatic N) is 2. The van der Waals surface area contributed by atoms with E-state index in [0.717, 1.165) is 28.9 Å². The maximum Gasteiger partial charge on any atom is 0.508 e. The van der Waals surface area contributed by atoms with Gasteiger partial charge in [-0.25, -0.2) is 19.2 Å². The van der Waals surface area contributed by atoms with E-state index in [9.17, 15) is 19.2 Å². The van der Waals surface area contributed by atoms with Gasteiger partial charge in [-0.2, -0.15) is 0 Å². The summed E-state index contributed by atoms with van der Waals surface area (Å²) in [7, 11) is 0. The number of carbonyl (C=O) groups is 4. The number of hydrogen-bond donors (Lipinski definition) is 0. The van der Waals surface area contributed by atoms with E-state index in [1.807, 2.05) is 0 Å². The summed E-state index contributed by atoms with van der Waals surface area (Å²) < 4.78 is 40.5. The van der Waals surface area contributed by atoms with Crippen molar-refractivity contribution in [1.29, 1.82) is 0 Å². The number of anilines is 2. The van der Waals surface area contributed by atoms with Crippen LogP contribution in [0.1, 0.15) is 36.8 Å². The Morgan fingerprint density at radius 2 is 0.723 bits per heavy atom. The van der Waals surface area contributed by atoms with E-state index in [-0.39, 0.29) is 50.8 Å². The van der Waals surface area contributed by atoms with Crippen molar-refractivity contribution in [2.24, 2.45) is 0 Å². The lowest BCUT2D eigenvalue weighted by Gasteiger charge is -2.27. The molecule has 2 aromatic rings. The molecule has 0 saturated carbocycles. The standard InChI is InChI=1S/C33H38N2O12/c36-30-40-18-26(44-30)9-13-34(14-10-27-19-41-31(37)45-27)24-5-1-22(2-6-24)17-23-3-7-25(8-4-23)35(15-11-28-20-42-32(38)46-28)16-12-29-21-43-33(39)47-29/h1-8,26-29H,9-21H2. The Kier molecular flexibility index (Phi) is 10.3. The van der Waals surface area contributed by atoms with Crippen LogP contribution >= 0.6 is 0 Å². The van der Waals surface area contributed by atoms with Gasteiger partial charge in [0.25, 0.3) is 0 Å². The summed E-state index contributed by atoms with van der Waals surface area (Å²) >= 11 is 0. The first kappa shape index (κ1) is 32.1. The molecular formula is C33H38N2O12. The Hall–Kier alpha value is -4.88. The molecule has 4 saturated heterocycles. The highest BCUT2D eigenvalue weighted by atomic mass is 16.8. The third-order valence-electron chi connectivity index (χ3n) is 8.50. The second-order valence-corrected chi connectivity index (χ2v) is 11.8. The van der Waals surface area contributed by atoms with E-state index in [0.29, 0.717) is 51.9 Å². The van der Waals surface area contributed by atoms with Crippen molar-refractivity contribution in [3.05, 3.63) is 59.7 Å². The van der Waals surface area contributed by atoms with Gasteiger partial charge in [-0.05, 0) is 41.8 Å². The first-order chi connectivity index (χ1) is 22.9. The molecule has 47 heavy (non-hydrogen) atoms. The molecule has 4 aliphatic heterocycles. The van der Waals surface area contributed by atoms with Crippen LogP contribution in [0.5, 0.6) is 0 Å². The van der Waals surface area contributed by atoms with Crippen molar-refractivity contribution < 1.29 is 57.1 Å². The Labute approximate surface area is 271 Å².